The van der Waals surface area contributed by atoms with E-state index in [1.165, 1.54) is 0 Å². The van der Waals surface area contributed by atoms with Gasteiger partial charge in [-0.25, -0.2) is 0 Å². The van der Waals surface area contributed by atoms with E-state index < -0.39 is 0 Å². The van der Waals surface area contributed by atoms with Crippen LogP contribution in [-0.2, 0) is 16.1 Å². The first-order valence-electron chi connectivity index (χ1n) is 10.2. The monoisotopic (exact) mass is 379 g/mol. The van der Waals surface area contributed by atoms with E-state index in [1.807, 2.05) is 49.9 Å². The predicted octanol–water partition coefficient (Wildman–Crippen LogP) is 3.46. The molecule has 2 heterocycles. The lowest BCUT2D eigenvalue weighted by Crippen LogP contribution is -2.53. The van der Waals surface area contributed by atoms with E-state index in [2.05, 4.69) is 29.0 Å². The first kappa shape index (κ1) is 18.8. The lowest BCUT2D eigenvalue weighted by atomic mass is 9.99. The summed E-state index contributed by atoms with van der Waals surface area (Å²) in [5.41, 5.74) is 1.86. The zero-order valence-electron chi connectivity index (χ0n) is 17.0. The van der Waals surface area contributed by atoms with Crippen LogP contribution in [0.25, 0.3) is 0 Å². The van der Waals surface area contributed by atoms with Crippen molar-refractivity contribution in [1.29, 1.82) is 0 Å². The van der Waals surface area contributed by atoms with Gasteiger partial charge in [-0.15, -0.1) is 0 Å². The average Bonchev–Trinajstić information content (AvgIpc) is 3.41. The van der Waals surface area contributed by atoms with Gasteiger partial charge in [-0.05, 0) is 51.3 Å². The van der Waals surface area contributed by atoms with Gasteiger partial charge in [0.25, 0.3) is 0 Å². The van der Waals surface area contributed by atoms with Crippen molar-refractivity contribution in [3.05, 3.63) is 59.9 Å². The quantitative estimate of drug-likeness (QED) is 0.817. The number of carbonyl (C=O) groups excluding carboxylic acids is 2. The Morgan fingerprint density at radius 2 is 1.75 bits per heavy atom. The fraction of sp³-hybridized carbons (Fsp3) is 0.478. The van der Waals surface area contributed by atoms with Crippen LogP contribution in [0, 0.1) is 5.92 Å². The molecule has 148 valence electrons. The van der Waals surface area contributed by atoms with Crippen molar-refractivity contribution < 1.29 is 9.59 Å². The molecule has 5 heteroatoms. The van der Waals surface area contributed by atoms with Gasteiger partial charge in [0.15, 0.2) is 0 Å². The number of nitrogens with zero attached hydrogens (tertiary/aromatic N) is 3. The minimum atomic E-state index is -0.367. The van der Waals surface area contributed by atoms with Gasteiger partial charge in [0.05, 0.1) is 6.04 Å². The van der Waals surface area contributed by atoms with E-state index in [0.717, 1.165) is 30.6 Å². The Hall–Kier alpha value is -2.56. The van der Waals surface area contributed by atoms with E-state index in [4.69, 9.17) is 0 Å². The van der Waals surface area contributed by atoms with Crippen LogP contribution in [0.4, 0.5) is 0 Å². The van der Waals surface area contributed by atoms with Gasteiger partial charge in [-0.1, -0.05) is 30.3 Å². The highest BCUT2D eigenvalue weighted by atomic mass is 16.2. The second kappa shape index (κ2) is 7.12. The van der Waals surface area contributed by atoms with Gasteiger partial charge in [0.2, 0.25) is 11.8 Å². The van der Waals surface area contributed by atoms with Crippen LogP contribution in [0.15, 0.2) is 48.7 Å². The molecule has 1 aliphatic heterocycles. The molecule has 0 bridgehead atoms. The number of benzene rings is 1. The predicted molar refractivity (Wildman–Crippen MR) is 109 cm³/mol. The Labute approximate surface area is 166 Å². The molecular formula is C23H29N3O2. The summed E-state index contributed by atoms with van der Waals surface area (Å²) in [6, 6.07) is 14.2. The summed E-state index contributed by atoms with van der Waals surface area (Å²) >= 11 is 0. The maximum Gasteiger partial charge on any atom is 0.243 e. The number of fused-ring (bicyclic) bond motifs is 1. The Balaban J connectivity index is 1.62. The number of amides is 2. The maximum atomic E-state index is 13.4. The molecule has 1 aromatic heterocycles. The molecule has 28 heavy (non-hydrogen) atoms. The number of rotatable bonds is 4. The van der Waals surface area contributed by atoms with Crippen molar-refractivity contribution in [2.45, 2.75) is 51.7 Å². The molecule has 0 N–H and O–H groups in total. The maximum absolute atomic E-state index is 13.4. The molecule has 1 aliphatic carbocycles. The number of carbonyl (C=O) groups is 2. The first-order chi connectivity index (χ1) is 13.4. The third-order valence-electron chi connectivity index (χ3n) is 5.77. The minimum absolute atomic E-state index is 0.0187. The highest BCUT2D eigenvalue weighted by Crippen LogP contribution is 2.35. The standard InChI is InChI=1S/C23H29N3O2/c1-23(2,3)26(22(28)18-11-12-18)16-20(27)25-15-14-24-13-7-10-19(24)21(25)17-8-5-4-6-9-17/h4-10,13,18,21H,11-12,14-16H2,1-3H3. The molecule has 2 amide bonds. The van der Waals surface area contributed by atoms with E-state index in [9.17, 15) is 9.59 Å². The fourth-order valence-corrected chi connectivity index (χ4v) is 4.06. The van der Waals surface area contributed by atoms with Gasteiger partial charge in [-0.3, -0.25) is 9.59 Å². The third kappa shape index (κ3) is 3.58. The van der Waals surface area contributed by atoms with Crippen molar-refractivity contribution in [2.24, 2.45) is 5.92 Å². The summed E-state index contributed by atoms with van der Waals surface area (Å²) in [6.45, 7) is 7.60. The molecule has 1 aromatic carbocycles. The number of hydrogen-bond acceptors (Lipinski definition) is 2. The van der Waals surface area contributed by atoms with E-state index in [-0.39, 0.29) is 35.9 Å². The first-order valence-corrected chi connectivity index (χ1v) is 10.2. The Morgan fingerprint density at radius 1 is 1.04 bits per heavy atom. The van der Waals surface area contributed by atoms with E-state index in [1.54, 1.807) is 4.90 Å². The van der Waals surface area contributed by atoms with Gasteiger partial charge >= 0.3 is 0 Å². The van der Waals surface area contributed by atoms with Crippen LogP contribution in [0.2, 0.25) is 0 Å². The Kier molecular flexibility index (Phi) is 4.77. The summed E-state index contributed by atoms with van der Waals surface area (Å²) in [4.78, 5) is 30.0. The van der Waals surface area contributed by atoms with Gasteiger partial charge in [0, 0.05) is 36.4 Å². The van der Waals surface area contributed by atoms with Crippen LogP contribution >= 0.6 is 0 Å². The van der Waals surface area contributed by atoms with Crippen molar-refractivity contribution in [1.82, 2.24) is 14.4 Å². The minimum Gasteiger partial charge on any atom is -0.348 e. The zero-order chi connectivity index (χ0) is 19.9. The molecule has 4 rings (SSSR count). The molecule has 5 nitrogen and oxygen atoms in total. The lowest BCUT2D eigenvalue weighted by molar-refractivity contribution is -0.147. The SMILES string of the molecule is CC(C)(C)N(CC(=O)N1CCn2cccc2C1c1ccccc1)C(=O)C1CC1. The lowest BCUT2D eigenvalue weighted by Gasteiger charge is -2.41. The van der Waals surface area contributed by atoms with Crippen molar-refractivity contribution in [3.63, 3.8) is 0 Å². The van der Waals surface area contributed by atoms with Crippen LogP contribution in [0.5, 0.6) is 0 Å². The molecule has 1 saturated carbocycles. The van der Waals surface area contributed by atoms with Crippen LogP contribution < -0.4 is 0 Å². The number of aromatic nitrogens is 1. The summed E-state index contributed by atoms with van der Waals surface area (Å²) in [7, 11) is 0. The third-order valence-corrected chi connectivity index (χ3v) is 5.77. The second-order valence-electron chi connectivity index (χ2n) is 8.90. The average molecular weight is 380 g/mol. The van der Waals surface area contributed by atoms with Gasteiger partial charge < -0.3 is 14.4 Å². The molecule has 1 atom stereocenters. The zero-order valence-corrected chi connectivity index (χ0v) is 17.0. The summed E-state index contributed by atoms with van der Waals surface area (Å²) in [6.07, 6.45) is 3.97. The molecule has 0 radical (unpaired) electrons. The van der Waals surface area contributed by atoms with Crippen molar-refractivity contribution in [3.8, 4) is 0 Å². The largest absolute Gasteiger partial charge is 0.348 e. The van der Waals surface area contributed by atoms with E-state index >= 15 is 0 Å². The van der Waals surface area contributed by atoms with Gasteiger partial charge in [-0.2, -0.15) is 0 Å². The Morgan fingerprint density at radius 3 is 2.39 bits per heavy atom. The smallest absolute Gasteiger partial charge is 0.243 e. The van der Waals surface area contributed by atoms with Crippen LogP contribution in [0.1, 0.15) is 50.9 Å². The van der Waals surface area contributed by atoms with Gasteiger partial charge in [0.1, 0.15) is 6.54 Å². The number of hydrogen-bond donors (Lipinski definition) is 0. The molecule has 2 aliphatic rings. The topological polar surface area (TPSA) is 45.6 Å². The van der Waals surface area contributed by atoms with E-state index in [0.29, 0.717) is 6.54 Å². The molecule has 0 spiro atoms. The molecule has 0 saturated heterocycles. The normalized spacial score (nSPS) is 19.2. The van der Waals surface area contributed by atoms with Crippen LogP contribution in [-0.4, -0.2) is 44.8 Å². The molecule has 1 fully saturated rings. The molecular weight excluding hydrogens is 350 g/mol. The fourth-order valence-electron chi connectivity index (χ4n) is 4.06. The second-order valence-corrected chi connectivity index (χ2v) is 8.90. The van der Waals surface area contributed by atoms with Crippen LogP contribution in [0.3, 0.4) is 0 Å². The Bertz CT molecular complexity index is 861. The molecule has 1 unspecified atom stereocenters. The van der Waals surface area contributed by atoms with Crippen molar-refractivity contribution >= 4 is 11.8 Å². The summed E-state index contributed by atoms with van der Waals surface area (Å²) < 4.78 is 2.22. The molecule has 2 aromatic rings. The highest BCUT2D eigenvalue weighted by Gasteiger charge is 2.40. The summed E-state index contributed by atoms with van der Waals surface area (Å²) in [5.74, 6) is 0.248. The highest BCUT2D eigenvalue weighted by molar-refractivity contribution is 5.88. The van der Waals surface area contributed by atoms with Crippen molar-refractivity contribution in [2.75, 3.05) is 13.1 Å². The summed E-state index contributed by atoms with van der Waals surface area (Å²) in [5, 5.41) is 0.